The van der Waals surface area contributed by atoms with E-state index in [0.717, 1.165) is 11.4 Å². The summed E-state index contributed by atoms with van der Waals surface area (Å²) in [4.78, 5) is 17.4. The Morgan fingerprint density at radius 3 is 2.69 bits per heavy atom. The monoisotopic (exact) mass is 220 g/mol. The Labute approximate surface area is 92.4 Å². The molecule has 0 unspecified atom stereocenters. The van der Waals surface area contributed by atoms with Crippen LogP contribution in [0.1, 0.15) is 10.5 Å². The molecule has 2 aromatic rings. The van der Waals surface area contributed by atoms with Crippen molar-refractivity contribution in [1.29, 1.82) is 0 Å². The average molecular weight is 220 g/mol. The molecule has 2 N–H and O–H groups in total. The van der Waals surface area contributed by atoms with E-state index in [1.807, 2.05) is 12.1 Å². The lowest BCUT2D eigenvalue weighted by atomic mass is 10.3. The second kappa shape index (κ2) is 4.14. The van der Waals surface area contributed by atoms with Gasteiger partial charge in [0.1, 0.15) is 0 Å². The van der Waals surface area contributed by atoms with Crippen molar-refractivity contribution in [2.24, 2.45) is 0 Å². The Morgan fingerprint density at radius 1 is 1.31 bits per heavy atom. The molecule has 0 saturated carbocycles. The van der Waals surface area contributed by atoms with Crippen LogP contribution in [0.4, 0.5) is 0 Å². The standard InChI is InChI=1S/C11H12N2O3/c1-15-9-6-8(7-4-3-5-12-7)13-10(9)11(14)16-2/h3-6,12-13H,1-2H3. The van der Waals surface area contributed by atoms with Gasteiger partial charge in [-0.25, -0.2) is 4.79 Å². The highest BCUT2D eigenvalue weighted by Crippen LogP contribution is 2.26. The maximum absolute atomic E-state index is 11.4. The molecule has 2 aromatic heterocycles. The molecule has 0 bridgehead atoms. The van der Waals surface area contributed by atoms with Crippen LogP contribution in [-0.2, 0) is 4.74 Å². The van der Waals surface area contributed by atoms with E-state index in [-0.39, 0.29) is 0 Å². The van der Waals surface area contributed by atoms with E-state index in [2.05, 4.69) is 14.7 Å². The predicted molar refractivity (Wildman–Crippen MR) is 58.5 cm³/mol. The highest BCUT2D eigenvalue weighted by Gasteiger charge is 2.17. The van der Waals surface area contributed by atoms with Crippen molar-refractivity contribution in [3.8, 4) is 17.1 Å². The summed E-state index contributed by atoms with van der Waals surface area (Å²) < 4.78 is 9.75. The lowest BCUT2D eigenvalue weighted by molar-refractivity contribution is 0.0591. The number of carbonyl (C=O) groups excluding carboxylic acids is 1. The molecule has 0 amide bonds. The number of carbonyl (C=O) groups is 1. The fourth-order valence-corrected chi connectivity index (χ4v) is 1.49. The summed E-state index contributed by atoms with van der Waals surface area (Å²) in [6.07, 6.45) is 1.81. The maximum Gasteiger partial charge on any atom is 0.358 e. The van der Waals surface area contributed by atoms with Gasteiger partial charge in [0.15, 0.2) is 11.4 Å². The van der Waals surface area contributed by atoms with Crippen molar-refractivity contribution in [2.45, 2.75) is 0 Å². The van der Waals surface area contributed by atoms with E-state index in [0.29, 0.717) is 11.4 Å². The van der Waals surface area contributed by atoms with Crippen molar-refractivity contribution < 1.29 is 14.3 Å². The summed E-state index contributed by atoms with van der Waals surface area (Å²) in [5.74, 6) is 0.0195. The van der Waals surface area contributed by atoms with Gasteiger partial charge in [-0.05, 0) is 12.1 Å². The number of aromatic nitrogens is 2. The highest BCUT2D eigenvalue weighted by atomic mass is 16.5. The molecular weight excluding hydrogens is 208 g/mol. The predicted octanol–water partition coefficient (Wildman–Crippen LogP) is 1.80. The molecule has 0 aliphatic heterocycles. The first-order valence-corrected chi connectivity index (χ1v) is 4.75. The normalized spacial score (nSPS) is 10.1. The lowest BCUT2D eigenvalue weighted by Gasteiger charge is -1.99. The molecule has 5 nitrogen and oxygen atoms in total. The number of methoxy groups -OCH3 is 2. The quantitative estimate of drug-likeness (QED) is 0.775. The largest absolute Gasteiger partial charge is 0.494 e. The highest BCUT2D eigenvalue weighted by molar-refractivity contribution is 5.91. The van der Waals surface area contributed by atoms with Crippen molar-refractivity contribution >= 4 is 5.97 Å². The van der Waals surface area contributed by atoms with Crippen LogP contribution >= 0.6 is 0 Å². The molecule has 0 radical (unpaired) electrons. The molecule has 0 saturated heterocycles. The average Bonchev–Trinajstić information content (AvgIpc) is 2.95. The minimum absolute atomic E-state index is 0.314. The van der Waals surface area contributed by atoms with Gasteiger partial charge in [0.2, 0.25) is 0 Å². The summed E-state index contributed by atoms with van der Waals surface area (Å²) in [5.41, 5.74) is 1.98. The number of nitrogens with one attached hydrogen (secondary N) is 2. The molecule has 16 heavy (non-hydrogen) atoms. The first-order valence-electron chi connectivity index (χ1n) is 4.75. The van der Waals surface area contributed by atoms with Crippen molar-refractivity contribution in [3.63, 3.8) is 0 Å². The summed E-state index contributed by atoms with van der Waals surface area (Å²) in [6.45, 7) is 0. The van der Waals surface area contributed by atoms with Crippen molar-refractivity contribution in [2.75, 3.05) is 14.2 Å². The Hall–Kier alpha value is -2.17. The summed E-state index contributed by atoms with van der Waals surface area (Å²) in [5, 5.41) is 0. The second-order valence-corrected chi connectivity index (χ2v) is 3.20. The van der Waals surface area contributed by atoms with E-state index in [4.69, 9.17) is 4.74 Å². The first-order chi connectivity index (χ1) is 7.76. The molecule has 0 spiro atoms. The van der Waals surface area contributed by atoms with Crippen LogP contribution in [0.15, 0.2) is 24.4 Å². The zero-order valence-corrected chi connectivity index (χ0v) is 9.03. The van der Waals surface area contributed by atoms with Crippen molar-refractivity contribution in [3.05, 3.63) is 30.1 Å². The van der Waals surface area contributed by atoms with Gasteiger partial charge in [-0.2, -0.15) is 0 Å². The molecule has 5 heteroatoms. The summed E-state index contributed by atoms with van der Waals surface area (Å²) in [7, 11) is 2.84. The van der Waals surface area contributed by atoms with E-state index in [1.165, 1.54) is 14.2 Å². The smallest absolute Gasteiger partial charge is 0.358 e. The lowest BCUT2D eigenvalue weighted by Crippen LogP contribution is -2.03. The number of ether oxygens (including phenoxy) is 2. The number of hydrogen-bond acceptors (Lipinski definition) is 3. The fraction of sp³-hybridized carbons (Fsp3) is 0.182. The van der Waals surface area contributed by atoms with Crippen LogP contribution < -0.4 is 4.74 Å². The van der Waals surface area contributed by atoms with Crippen LogP contribution in [0.3, 0.4) is 0 Å². The van der Waals surface area contributed by atoms with Gasteiger partial charge in [0, 0.05) is 12.3 Å². The molecule has 0 fully saturated rings. The third kappa shape index (κ3) is 1.67. The van der Waals surface area contributed by atoms with E-state index < -0.39 is 5.97 Å². The second-order valence-electron chi connectivity index (χ2n) is 3.20. The van der Waals surface area contributed by atoms with Gasteiger partial charge in [0.25, 0.3) is 0 Å². The van der Waals surface area contributed by atoms with E-state index >= 15 is 0 Å². The summed E-state index contributed by atoms with van der Waals surface area (Å²) in [6, 6.07) is 5.52. The third-order valence-corrected chi connectivity index (χ3v) is 2.28. The molecule has 2 rings (SSSR count). The molecule has 0 aliphatic carbocycles. The van der Waals surface area contributed by atoms with Gasteiger partial charge < -0.3 is 19.4 Å². The molecular formula is C11H12N2O3. The van der Waals surface area contributed by atoms with Crippen molar-refractivity contribution in [1.82, 2.24) is 9.97 Å². The molecule has 0 atom stereocenters. The number of hydrogen-bond donors (Lipinski definition) is 2. The Bertz CT molecular complexity index is 485. The third-order valence-electron chi connectivity index (χ3n) is 2.28. The van der Waals surface area contributed by atoms with Crippen LogP contribution in [-0.4, -0.2) is 30.2 Å². The number of rotatable bonds is 3. The van der Waals surface area contributed by atoms with Gasteiger partial charge in [-0.15, -0.1) is 0 Å². The topological polar surface area (TPSA) is 67.1 Å². The Kier molecular flexibility index (Phi) is 2.68. The minimum Gasteiger partial charge on any atom is -0.494 e. The zero-order chi connectivity index (χ0) is 11.5. The SMILES string of the molecule is COC(=O)c1[nH]c(-c2ccc[nH]2)cc1OC. The number of H-pyrrole nitrogens is 2. The maximum atomic E-state index is 11.4. The summed E-state index contributed by atoms with van der Waals surface area (Å²) >= 11 is 0. The molecule has 84 valence electrons. The van der Waals surface area contributed by atoms with Crippen LogP contribution in [0.2, 0.25) is 0 Å². The Morgan fingerprint density at radius 2 is 2.12 bits per heavy atom. The van der Waals surface area contributed by atoms with Crippen LogP contribution in [0, 0.1) is 0 Å². The fourth-order valence-electron chi connectivity index (χ4n) is 1.49. The van der Waals surface area contributed by atoms with Crippen LogP contribution in [0.5, 0.6) is 5.75 Å². The Balaban J connectivity index is 2.44. The molecule has 0 aromatic carbocycles. The number of aromatic amines is 2. The molecule has 0 aliphatic rings. The molecule has 2 heterocycles. The minimum atomic E-state index is -0.449. The number of esters is 1. The van der Waals surface area contributed by atoms with Gasteiger partial charge in [0.05, 0.1) is 25.6 Å². The van der Waals surface area contributed by atoms with Gasteiger partial charge >= 0.3 is 5.97 Å². The van der Waals surface area contributed by atoms with Gasteiger partial charge in [-0.1, -0.05) is 0 Å². The zero-order valence-electron chi connectivity index (χ0n) is 9.03. The van der Waals surface area contributed by atoms with E-state index in [1.54, 1.807) is 12.3 Å². The van der Waals surface area contributed by atoms with E-state index in [9.17, 15) is 4.79 Å². The van der Waals surface area contributed by atoms with Crippen LogP contribution in [0.25, 0.3) is 11.4 Å². The van der Waals surface area contributed by atoms with Gasteiger partial charge in [-0.3, -0.25) is 0 Å². The first kappa shape index (κ1) is 10.4.